The number of carboxylic acids is 1. The molecule has 2 rings (SSSR count). The molecule has 0 radical (unpaired) electrons. The number of H-pyrrole nitrogens is 1. The normalized spacial score (nSPS) is 12.9. The topological polar surface area (TPSA) is 93.5 Å². The Kier molecular flexibility index (Phi) is 2.32. The molecule has 1 atom stereocenters. The van der Waals surface area contributed by atoms with Gasteiger partial charge in [0.2, 0.25) is 0 Å². The quantitative estimate of drug-likeness (QED) is 0.614. The highest BCUT2D eigenvalue weighted by Crippen LogP contribution is 2.33. The number of aromatic nitrogens is 1. The molecule has 0 aliphatic heterocycles. The van der Waals surface area contributed by atoms with E-state index in [4.69, 9.17) is 5.11 Å². The van der Waals surface area contributed by atoms with Crippen molar-refractivity contribution in [3.8, 4) is 5.75 Å². The molecular formula is C11H11NO4. The summed E-state index contributed by atoms with van der Waals surface area (Å²) in [7, 11) is 0. The number of hydrogen-bond donors (Lipinski definition) is 4. The lowest BCUT2D eigenvalue weighted by atomic mass is 10.0. The van der Waals surface area contributed by atoms with Gasteiger partial charge < -0.3 is 20.3 Å². The number of aliphatic hydroxyl groups is 1. The van der Waals surface area contributed by atoms with Crippen LogP contribution in [0.1, 0.15) is 17.4 Å². The lowest BCUT2D eigenvalue weighted by Crippen LogP contribution is -2.11. The third kappa shape index (κ3) is 1.42. The number of hydrogen-bond acceptors (Lipinski definition) is 3. The number of aryl methyl sites for hydroxylation is 1. The number of phenolic OH excluding ortho intramolecular Hbond substituents is 1. The predicted octanol–water partition coefficient (Wildman–Crippen LogP) is 1.30. The van der Waals surface area contributed by atoms with Crippen LogP contribution in [0.3, 0.4) is 0 Å². The van der Waals surface area contributed by atoms with E-state index in [9.17, 15) is 15.0 Å². The average molecular weight is 221 g/mol. The van der Waals surface area contributed by atoms with Crippen LogP contribution in [0, 0.1) is 6.92 Å². The zero-order valence-electron chi connectivity index (χ0n) is 8.56. The van der Waals surface area contributed by atoms with E-state index in [1.54, 1.807) is 19.1 Å². The smallest absolute Gasteiger partial charge is 0.337 e. The molecule has 0 amide bonds. The van der Waals surface area contributed by atoms with E-state index in [1.807, 2.05) is 0 Å². The third-order valence-electron chi connectivity index (χ3n) is 2.55. The van der Waals surface area contributed by atoms with Gasteiger partial charge in [-0.2, -0.15) is 0 Å². The summed E-state index contributed by atoms with van der Waals surface area (Å²) in [4.78, 5) is 13.7. The summed E-state index contributed by atoms with van der Waals surface area (Å²) in [5, 5.41) is 28.4. The van der Waals surface area contributed by atoms with E-state index >= 15 is 0 Å². The Labute approximate surface area is 91.0 Å². The molecule has 0 fully saturated rings. The molecule has 1 aromatic heterocycles. The second-order valence-corrected chi connectivity index (χ2v) is 3.60. The highest BCUT2D eigenvalue weighted by atomic mass is 16.4. The molecule has 2 aromatic rings. The second-order valence-electron chi connectivity index (χ2n) is 3.60. The fourth-order valence-corrected chi connectivity index (χ4v) is 1.85. The van der Waals surface area contributed by atoms with Crippen LogP contribution in [0.15, 0.2) is 18.2 Å². The summed E-state index contributed by atoms with van der Waals surface area (Å²) in [5.41, 5.74) is 1.35. The highest BCUT2D eigenvalue weighted by molar-refractivity contribution is 5.93. The number of aromatic amines is 1. The summed E-state index contributed by atoms with van der Waals surface area (Å²) in [6.07, 6.45) is -1.64. The molecule has 1 aromatic carbocycles. The molecule has 0 spiro atoms. The minimum Gasteiger partial charge on any atom is -0.507 e. The number of carboxylic acid groups (broad SMARTS) is 1. The molecular weight excluding hydrogens is 210 g/mol. The van der Waals surface area contributed by atoms with Crippen LogP contribution in [0.25, 0.3) is 10.9 Å². The molecule has 84 valence electrons. The zero-order valence-corrected chi connectivity index (χ0v) is 8.56. The van der Waals surface area contributed by atoms with Crippen LogP contribution >= 0.6 is 0 Å². The van der Waals surface area contributed by atoms with Gasteiger partial charge in [-0.3, -0.25) is 0 Å². The Morgan fingerprint density at radius 2 is 2.12 bits per heavy atom. The van der Waals surface area contributed by atoms with E-state index in [-0.39, 0.29) is 11.3 Å². The van der Waals surface area contributed by atoms with Crippen LogP contribution in [0.5, 0.6) is 5.75 Å². The number of aromatic hydroxyl groups is 1. The van der Waals surface area contributed by atoms with E-state index in [0.717, 1.165) is 0 Å². The van der Waals surface area contributed by atoms with Gasteiger partial charge in [0, 0.05) is 22.2 Å². The van der Waals surface area contributed by atoms with Crippen molar-refractivity contribution < 1.29 is 20.1 Å². The van der Waals surface area contributed by atoms with Crippen molar-refractivity contribution >= 4 is 16.9 Å². The first-order valence-corrected chi connectivity index (χ1v) is 4.73. The number of benzene rings is 1. The molecule has 0 aliphatic carbocycles. The molecule has 4 N–H and O–H groups in total. The lowest BCUT2D eigenvalue weighted by molar-refractivity contribution is -0.146. The summed E-state index contributed by atoms with van der Waals surface area (Å²) < 4.78 is 0. The van der Waals surface area contributed by atoms with Gasteiger partial charge in [-0.15, -0.1) is 0 Å². The minimum absolute atomic E-state index is 0.0443. The number of aliphatic carboxylic acids is 1. The maximum atomic E-state index is 10.8. The monoisotopic (exact) mass is 221 g/mol. The third-order valence-corrected chi connectivity index (χ3v) is 2.55. The van der Waals surface area contributed by atoms with Gasteiger partial charge >= 0.3 is 5.97 Å². The van der Waals surface area contributed by atoms with Gasteiger partial charge in [-0.1, -0.05) is 6.07 Å². The van der Waals surface area contributed by atoms with Crippen LogP contribution in [0.2, 0.25) is 0 Å². The first kappa shape index (κ1) is 10.5. The number of aliphatic hydroxyl groups excluding tert-OH is 1. The average Bonchev–Trinajstić information content (AvgIpc) is 2.54. The molecule has 0 aliphatic rings. The van der Waals surface area contributed by atoms with E-state index in [1.165, 1.54) is 6.07 Å². The van der Waals surface area contributed by atoms with Crippen molar-refractivity contribution in [2.24, 2.45) is 0 Å². The first-order chi connectivity index (χ1) is 7.52. The van der Waals surface area contributed by atoms with Crippen molar-refractivity contribution in [2.45, 2.75) is 13.0 Å². The Balaban J connectivity index is 2.77. The Morgan fingerprint density at radius 3 is 2.75 bits per heavy atom. The van der Waals surface area contributed by atoms with Gasteiger partial charge in [0.15, 0.2) is 6.10 Å². The molecule has 5 heteroatoms. The fourth-order valence-electron chi connectivity index (χ4n) is 1.85. The summed E-state index contributed by atoms with van der Waals surface area (Å²) in [6, 6.07) is 4.80. The molecule has 0 saturated carbocycles. The van der Waals surface area contributed by atoms with E-state index in [2.05, 4.69) is 4.98 Å². The first-order valence-electron chi connectivity index (χ1n) is 4.73. The van der Waals surface area contributed by atoms with Crippen molar-refractivity contribution in [3.63, 3.8) is 0 Å². The Bertz CT molecular complexity index is 558. The number of carbonyl (C=O) groups is 1. The van der Waals surface area contributed by atoms with Gasteiger partial charge in [0.25, 0.3) is 0 Å². The molecule has 1 unspecified atom stereocenters. The molecule has 5 nitrogen and oxygen atoms in total. The van der Waals surface area contributed by atoms with E-state index < -0.39 is 12.1 Å². The van der Waals surface area contributed by atoms with Crippen LogP contribution in [0.4, 0.5) is 0 Å². The number of phenols is 1. The van der Waals surface area contributed by atoms with E-state index in [0.29, 0.717) is 16.6 Å². The Morgan fingerprint density at radius 1 is 1.44 bits per heavy atom. The van der Waals surface area contributed by atoms with Crippen LogP contribution in [-0.4, -0.2) is 26.3 Å². The van der Waals surface area contributed by atoms with Crippen LogP contribution < -0.4 is 0 Å². The van der Waals surface area contributed by atoms with Crippen molar-refractivity contribution in [1.82, 2.24) is 4.98 Å². The summed E-state index contributed by atoms with van der Waals surface area (Å²) in [5.74, 6) is -1.38. The minimum atomic E-state index is -1.64. The largest absolute Gasteiger partial charge is 0.507 e. The molecule has 1 heterocycles. The van der Waals surface area contributed by atoms with Crippen molar-refractivity contribution in [2.75, 3.05) is 0 Å². The maximum absolute atomic E-state index is 10.8. The molecule has 0 bridgehead atoms. The highest BCUT2D eigenvalue weighted by Gasteiger charge is 2.24. The van der Waals surface area contributed by atoms with Crippen molar-refractivity contribution in [3.05, 3.63) is 29.5 Å². The zero-order chi connectivity index (χ0) is 11.9. The summed E-state index contributed by atoms with van der Waals surface area (Å²) >= 11 is 0. The number of fused-ring (bicyclic) bond motifs is 1. The van der Waals surface area contributed by atoms with Crippen LogP contribution in [-0.2, 0) is 4.79 Å². The van der Waals surface area contributed by atoms with Gasteiger partial charge in [0.1, 0.15) is 5.75 Å². The Hall–Kier alpha value is -2.01. The van der Waals surface area contributed by atoms with Gasteiger partial charge in [0.05, 0.1) is 0 Å². The standard InChI is InChI=1S/C11H11NO4/c1-5-8(10(14)11(15)16)9-6(12-5)3-2-4-7(9)13/h2-4,10,12-14H,1H3,(H,15,16). The second kappa shape index (κ2) is 3.53. The SMILES string of the molecule is Cc1[nH]c2cccc(O)c2c1C(O)C(=O)O. The maximum Gasteiger partial charge on any atom is 0.337 e. The van der Waals surface area contributed by atoms with Gasteiger partial charge in [-0.05, 0) is 19.1 Å². The molecule has 0 saturated heterocycles. The summed E-state index contributed by atoms with van der Waals surface area (Å²) in [6.45, 7) is 1.65. The van der Waals surface area contributed by atoms with Gasteiger partial charge in [-0.25, -0.2) is 4.79 Å². The molecule has 16 heavy (non-hydrogen) atoms. The lowest BCUT2D eigenvalue weighted by Gasteiger charge is -2.06. The number of nitrogens with one attached hydrogen (secondary N) is 1. The van der Waals surface area contributed by atoms with Crippen molar-refractivity contribution in [1.29, 1.82) is 0 Å². The number of rotatable bonds is 2. The predicted molar refractivity (Wildman–Crippen MR) is 57.3 cm³/mol. The fraction of sp³-hybridized carbons (Fsp3) is 0.182.